The molecule has 0 aromatic carbocycles. The third kappa shape index (κ3) is 69.8. The largest absolute Gasteiger partial charge is 0.462 e. The van der Waals surface area contributed by atoms with Gasteiger partial charge in [0.1, 0.15) is 13.2 Å². The number of rotatable bonds is 68. The van der Waals surface area contributed by atoms with Crippen molar-refractivity contribution in [2.75, 3.05) is 13.2 Å². The number of hydrogen-bond acceptors (Lipinski definition) is 6. The van der Waals surface area contributed by atoms with Gasteiger partial charge in [-0.25, -0.2) is 0 Å². The Morgan fingerprint density at radius 2 is 0.434 bits per heavy atom. The first-order chi connectivity index (χ1) is 41.0. The molecule has 83 heavy (non-hydrogen) atoms. The van der Waals surface area contributed by atoms with Crippen LogP contribution >= 0.6 is 0 Å². The van der Waals surface area contributed by atoms with Crippen LogP contribution in [0.3, 0.4) is 0 Å². The zero-order chi connectivity index (χ0) is 59.9. The maximum absolute atomic E-state index is 13.0. The SMILES string of the molecule is CCCCCCC/C=C\C/C=C\C/C=C\CCCCCCCCCCCCC(=O)OCC(COC(=O)CCCCCCCCCCCCCCCCC)OC(=O)CCCCCCCCCCCCCCC/C=C\C/C=C\CCCCCCC. The van der Waals surface area contributed by atoms with Crippen LogP contribution in [0.1, 0.15) is 393 Å². The monoisotopic (exact) mass is 1160 g/mol. The lowest BCUT2D eigenvalue weighted by molar-refractivity contribution is -0.167. The number of carbonyl (C=O) groups is 3. The summed E-state index contributed by atoms with van der Waals surface area (Å²) in [6, 6.07) is 0. The Morgan fingerprint density at radius 3 is 0.675 bits per heavy atom. The van der Waals surface area contributed by atoms with E-state index in [4.69, 9.17) is 14.2 Å². The molecule has 0 rings (SSSR count). The molecule has 0 bridgehead atoms. The second kappa shape index (κ2) is 71.6. The molecule has 1 unspecified atom stereocenters. The van der Waals surface area contributed by atoms with Crippen molar-refractivity contribution in [1.29, 1.82) is 0 Å². The topological polar surface area (TPSA) is 78.9 Å². The van der Waals surface area contributed by atoms with Crippen molar-refractivity contribution in [2.45, 2.75) is 399 Å². The van der Waals surface area contributed by atoms with Gasteiger partial charge in [-0.2, -0.15) is 0 Å². The van der Waals surface area contributed by atoms with Crippen LogP contribution in [0.2, 0.25) is 0 Å². The van der Waals surface area contributed by atoms with Crippen LogP contribution in [-0.2, 0) is 28.6 Å². The van der Waals surface area contributed by atoms with Crippen molar-refractivity contribution >= 4 is 17.9 Å². The van der Waals surface area contributed by atoms with Crippen molar-refractivity contribution < 1.29 is 28.6 Å². The zero-order valence-corrected chi connectivity index (χ0v) is 55.7. The van der Waals surface area contributed by atoms with Gasteiger partial charge in [0.25, 0.3) is 0 Å². The van der Waals surface area contributed by atoms with Crippen molar-refractivity contribution in [1.82, 2.24) is 0 Å². The highest BCUT2D eigenvalue weighted by molar-refractivity contribution is 5.71. The lowest BCUT2D eigenvalue weighted by atomic mass is 10.0. The maximum atomic E-state index is 13.0. The minimum absolute atomic E-state index is 0.0709. The van der Waals surface area contributed by atoms with Gasteiger partial charge < -0.3 is 14.2 Å². The Morgan fingerprint density at radius 1 is 0.241 bits per heavy atom. The molecule has 0 saturated heterocycles. The zero-order valence-electron chi connectivity index (χ0n) is 55.7. The van der Waals surface area contributed by atoms with E-state index in [9.17, 15) is 14.4 Å². The molecular weight excluding hydrogens is 1020 g/mol. The lowest BCUT2D eigenvalue weighted by Gasteiger charge is -2.18. The van der Waals surface area contributed by atoms with Crippen LogP contribution in [0.4, 0.5) is 0 Å². The number of hydrogen-bond donors (Lipinski definition) is 0. The van der Waals surface area contributed by atoms with Gasteiger partial charge >= 0.3 is 17.9 Å². The van der Waals surface area contributed by atoms with Gasteiger partial charge in [0.05, 0.1) is 0 Å². The van der Waals surface area contributed by atoms with Crippen molar-refractivity contribution in [2.24, 2.45) is 0 Å². The number of carbonyl (C=O) groups excluding carboxylic acids is 3. The van der Waals surface area contributed by atoms with E-state index in [0.717, 1.165) is 77.0 Å². The average molecular weight is 1160 g/mol. The van der Waals surface area contributed by atoms with Crippen LogP contribution in [0, 0.1) is 0 Å². The number of ether oxygens (including phenoxy) is 3. The number of allylic oxidation sites excluding steroid dienone is 10. The highest BCUT2D eigenvalue weighted by atomic mass is 16.6. The number of esters is 3. The van der Waals surface area contributed by atoms with Gasteiger partial charge in [-0.05, 0) is 89.9 Å². The predicted molar refractivity (Wildman–Crippen MR) is 362 cm³/mol. The second-order valence-corrected chi connectivity index (χ2v) is 24.9. The molecule has 0 aliphatic rings. The molecule has 484 valence electrons. The van der Waals surface area contributed by atoms with Crippen molar-refractivity contribution in [3.63, 3.8) is 0 Å². The minimum atomic E-state index is -0.776. The molecule has 0 amide bonds. The molecule has 0 heterocycles. The lowest BCUT2D eigenvalue weighted by Crippen LogP contribution is -2.30. The molecule has 0 spiro atoms. The van der Waals surface area contributed by atoms with Gasteiger partial charge in [-0.1, -0.05) is 345 Å². The fourth-order valence-corrected chi connectivity index (χ4v) is 11.0. The molecule has 6 nitrogen and oxygen atoms in total. The van der Waals surface area contributed by atoms with Crippen LogP contribution in [0.15, 0.2) is 60.8 Å². The van der Waals surface area contributed by atoms with Crippen molar-refractivity contribution in [3.05, 3.63) is 60.8 Å². The summed E-state index contributed by atoms with van der Waals surface area (Å²) in [7, 11) is 0. The highest BCUT2D eigenvalue weighted by Crippen LogP contribution is 2.18. The summed E-state index contributed by atoms with van der Waals surface area (Å²) in [4.78, 5) is 38.5. The summed E-state index contributed by atoms with van der Waals surface area (Å²) in [5.74, 6) is -0.849. The van der Waals surface area contributed by atoms with Crippen LogP contribution in [0.5, 0.6) is 0 Å². The molecule has 0 N–H and O–H groups in total. The normalized spacial score (nSPS) is 12.4. The summed E-state index contributed by atoms with van der Waals surface area (Å²) in [6.07, 6.45) is 92.5. The Hall–Kier alpha value is -2.89. The first-order valence-corrected chi connectivity index (χ1v) is 36.8. The van der Waals surface area contributed by atoms with E-state index >= 15 is 0 Å². The summed E-state index contributed by atoms with van der Waals surface area (Å²) in [6.45, 7) is 6.68. The molecular formula is C77H140O6. The Balaban J connectivity index is 4.30. The summed E-state index contributed by atoms with van der Waals surface area (Å²) >= 11 is 0. The fourth-order valence-electron chi connectivity index (χ4n) is 11.0. The van der Waals surface area contributed by atoms with E-state index in [-0.39, 0.29) is 31.1 Å². The second-order valence-electron chi connectivity index (χ2n) is 24.9. The highest BCUT2D eigenvalue weighted by Gasteiger charge is 2.19. The average Bonchev–Trinajstić information content (AvgIpc) is 3.49. The van der Waals surface area contributed by atoms with Gasteiger partial charge in [-0.3, -0.25) is 14.4 Å². The van der Waals surface area contributed by atoms with Gasteiger partial charge in [0, 0.05) is 19.3 Å². The molecule has 0 aromatic heterocycles. The Kier molecular flexibility index (Phi) is 69.1. The third-order valence-corrected chi connectivity index (χ3v) is 16.5. The standard InChI is InChI=1S/C77H140O6/c1-4-7-10-13-16-19-22-25-28-30-32-34-36-38-40-42-44-46-49-52-55-58-61-64-67-70-76(79)82-73-74(72-81-75(78)69-66-63-60-57-54-51-48-27-24-21-18-15-12-9-6-3)83-77(80)71-68-65-62-59-56-53-50-47-45-43-41-39-37-35-33-31-29-26-23-20-17-14-11-8-5-2/h22-23,25-26,30-33,36,38,74H,4-21,24,27-29,34-35,37,39-73H2,1-3H3/b25-22-,26-23-,32-30-,33-31-,38-36-. The van der Waals surface area contributed by atoms with E-state index in [1.165, 1.54) is 276 Å². The first-order valence-electron chi connectivity index (χ1n) is 36.8. The molecule has 0 saturated carbocycles. The van der Waals surface area contributed by atoms with Gasteiger partial charge in [0.2, 0.25) is 0 Å². The molecule has 1 atom stereocenters. The van der Waals surface area contributed by atoms with Crippen molar-refractivity contribution in [3.8, 4) is 0 Å². The van der Waals surface area contributed by atoms with E-state index in [0.29, 0.717) is 19.3 Å². The van der Waals surface area contributed by atoms with Crippen LogP contribution in [0.25, 0.3) is 0 Å². The summed E-state index contributed by atoms with van der Waals surface area (Å²) < 4.78 is 17.0. The third-order valence-electron chi connectivity index (χ3n) is 16.5. The Labute approximate surface area is 517 Å². The fraction of sp³-hybridized carbons (Fsp3) is 0.831. The minimum Gasteiger partial charge on any atom is -0.462 e. The molecule has 0 aliphatic carbocycles. The van der Waals surface area contributed by atoms with Crippen LogP contribution < -0.4 is 0 Å². The quantitative estimate of drug-likeness (QED) is 0.0261. The van der Waals surface area contributed by atoms with E-state index in [2.05, 4.69) is 81.5 Å². The van der Waals surface area contributed by atoms with E-state index in [1.54, 1.807) is 0 Å². The molecule has 0 fully saturated rings. The van der Waals surface area contributed by atoms with Gasteiger partial charge in [0.15, 0.2) is 6.10 Å². The summed E-state index contributed by atoms with van der Waals surface area (Å²) in [5.41, 5.74) is 0. The van der Waals surface area contributed by atoms with E-state index < -0.39 is 6.10 Å². The van der Waals surface area contributed by atoms with Crippen LogP contribution in [-0.4, -0.2) is 37.2 Å². The number of unbranched alkanes of at least 4 members (excludes halogenated alkanes) is 47. The molecule has 0 radical (unpaired) electrons. The molecule has 0 aliphatic heterocycles. The van der Waals surface area contributed by atoms with Gasteiger partial charge in [-0.15, -0.1) is 0 Å². The molecule has 0 aromatic rings. The molecule has 6 heteroatoms. The smallest absolute Gasteiger partial charge is 0.306 e. The maximum Gasteiger partial charge on any atom is 0.306 e. The summed E-state index contributed by atoms with van der Waals surface area (Å²) in [5, 5.41) is 0. The predicted octanol–water partition coefficient (Wildman–Crippen LogP) is 25.5. The Bertz CT molecular complexity index is 1470. The first kappa shape index (κ1) is 80.1. The van der Waals surface area contributed by atoms with E-state index in [1.807, 2.05) is 0 Å².